The number of hydrogen-bond donors (Lipinski definition) is 0. The predicted octanol–water partition coefficient (Wildman–Crippen LogP) is 5.29. The van der Waals surface area contributed by atoms with Crippen molar-refractivity contribution in [2.45, 2.75) is 24.0 Å². The lowest BCUT2D eigenvalue weighted by Crippen LogP contribution is -2.07. The maximum Gasteiger partial charge on any atom is 0.310 e. The minimum absolute atomic E-state index is 0.167. The highest BCUT2D eigenvalue weighted by molar-refractivity contribution is 7.90. The van der Waals surface area contributed by atoms with E-state index in [0.717, 1.165) is 15.6 Å². The summed E-state index contributed by atoms with van der Waals surface area (Å²) < 4.78 is 31.4. The summed E-state index contributed by atoms with van der Waals surface area (Å²) in [7, 11) is -3.58. The second-order valence-corrected chi connectivity index (χ2v) is 9.64. The second kappa shape index (κ2) is 8.19. The molecule has 8 heteroatoms. The molecule has 4 nitrogen and oxygen atoms in total. The van der Waals surface area contributed by atoms with Crippen LogP contribution in [0.2, 0.25) is 10.0 Å². The van der Waals surface area contributed by atoms with Gasteiger partial charge in [0.05, 0.1) is 23.7 Å². The number of rotatable bonds is 6. The number of carbonyl (C=O) groups is 1. The topological polar surface area (TPSA) is 60.4 Å². The molecular formula is C19H16Cl2O4S2. The van der Waals surface area contributed by atoms with Crippen LogP contribution in [0.15, 0.2) is 46.7 Å². The number of benzene rings is 2. The number of hydrogen-bond acceptors (Lipinski definition) is 5. The van der Waals surface area contributed by atoms with Crippen molar-refractivity contribution in [3.8, 4) is 0 Å². The Morgan fingerprint density at radius 1 is 1.11 bits per heavy atom. The van der Waals surface area contributed by atoms with Gasteiger partial charge in [-0.15, -0.1) is 11.3 Å². The largest absolute Gasteiger partial charge is 0.466 e. The molecule has 1 heterocycles. The van der Waals surface area contributed by atoms with Crippen molar-refractivity contribution in [2.75, 3.05) is 6.61 Å². The molecule has 27 heavy (non-hydrogen) atoms. The van der Waals surface area contributed by atoms with Gasteiger partial charge in [0.2, 0.25) is 0 Å². The summed E-state index contributed by atoms with van der Waals surface area (Å²) >= 11 is 13.4. The molecule has 0 radical (unpaired) electrons. The molecule has 0 spiro atoms. The molecule has 0 aliphatic heterocycles. The van der Waals surface area contributed by atoms with Gasteiger partial charge in [0.25, 0.3) is 0 Å². The van der Waals surface area contributed by atoms with Gasteiger partial charge in [-0.3, -0.25) is 4.79 Å². The molecule has 0 unspecified atom stereocenters. The molecule has 0 bridgehead atoms. The Bertz CT molecular complexity index is 1100. The van der Waals surface area contributed by atoms with Gasteiger partial charge in [0.1, 0.15) is 0 Å². The van der Waals surface area contributed by atoms with E-state index in [4.69, 9.17) is 27.9 Å². The smallest absolute Gasteiger partial charge is 0.310 e. The van der Waals surface area contributed by atoms with Crippen molar-refractivity contribution < 1.29 is 17.9 Å². The number of esters is 1. The number of carbonyl (C=O) groups excluding carboxylic acids is 1. The van der Waals surface area contributed by atoms with Gasteiger partial charge < -0.3 is 4.74 Å². The molecule has 0 N–H and O–H groups in total. The fourth-order valence-electron chi connectivity index (χ4n) is 2.69. The fourth-order valence-corrected chi connectivity index (χ4v) is 5.72. The zero-order chi connectivity index (χ0) is 19.6. The summed E-state index contributed by atoms with van der Waals surface area (Å²) in [4.78, 5) is 11.9. The van der Waals surface area contributed by atoms with Crippen LogP contribution < -0.4 is 0 Å². The van der Waals surface area contributed by atoms with Crippen molar-refractivity contribution in [1.82, 2.24) is 0 Å². The highest BCUT2D eigenvalue weighted by Gasteiger charge is 2.19. The molecule has 0 saturated carbocycles. The molecule has 0 amide bonds. The zero-order valence-corrected chi connectivity index (χ0v) is 17.5. The SMILES string of the molecule is CCOC(=O)Cc1csc2cc(S(=O)(=O)Cc3ccc(Cl)cc3Cl)ccc12. The van der Waals surface area contributed by atoms with Crippen molar-refractivity contribution in [3.05, 3.63) is 63.0 Å². The number of ether oxygens (including phenoxy) is 1. The molecule has 142 valence electrons. The van der Waals surface area contributed by atoms with E-state index in [9.17, 15) is 13.2 Å². The number of halogens is 2. The molecular weight excluding hydrogens is 427 g/mol. The van der Waals surface area contributed by atoms with Crippen LogP contribution in [0.4, 0.5) is 0 Å². The van der Waals surface area contributed by atoms with E-state index in [1.165, 1.54) is 17.4 Å². The Morgan fingerprint density at radius 3 is 2.59 bits per heavy atom. The average molecular weight is 443 g/mol. The molecule has 0 fully saturated rings. The van der Waals surface area contributed by atoms with Crippen molar-refractivity contribution in [2.24, 2.45) is 0 Å². The Kier molecular flexibility index (Phi) is 6.11. The van der Waals surface area contributed by atoms with E-state index in [1.54, 1.807) is 37.3 Å². The number of fused-ring (bicyclic) bond motifs is 1. The first-order valence-corrected chi connectivity index (χ1v) is 11.4. The van der Waals surface area contributed by atoms with E-state index in [2.05, 4.69) is 0 Å². The predicted molar refractivity (Wildman–Crippen MR) is 110 cm³/mol. The van der Waals surface area contributed by atoms with Crippen LogP contribution >= 0.6 is 34.5 Å². The van der Waals surface area contributed by atoms with E-state index in [0.29, 0.717) is 22.2 Å². The van der Waals surface area contributed by atoms with Gasteiger partial charge in [-0.05, 0) is 53.1 Å². The molecule has 2 aromatic carbocycles. The summed E-state index contributed by atoms with van der Waals surface area (Å²) in [5.74, 6) is -0.512. The van der Waals surface area contributed by atoms with E-state index >= 15 is 0 Å². The third kappa shape index (κ3) is 4.63. The normalized spacial score (nSPS) is 11.7. The van der Waals surface area contributed by atoms with E-state index in [1.807, 2.05) is 5.38 Å². The molecule has 3 rings (SSSR count). The Labute approximate surface area is 171 Å². The molecule has 0 saturated heterocycles. The van der Waals surface area contributed by atoms with Gasteiger partial charge in [-0.1, -0.05) is 35.3 Å². The van der Waals surface area contributed by atoms with Crippen LogP contribution in [0.5, 0.6) is 0 Å². The van der Waals surface area contributed by atoms with Gasteiger partial charge in [0.15, 0.2) is 9.84 Å². The minimum atomic E-state index is -3.58. The zero-order valence-electron chi connectivity index (χ0n) is 14.4. The Morgan fingerprint density at radius 2 is 1.89 bits per heavy atom. The lowest BCUT2D eigenvalue weighted by molar-refractivity contribution is -0.142. The number of sulfone groups is 1. The van der Waals surface area contributed by atoms with Crippen LogP contribution in [0.3, 0.4) is 0 Å². The standard InChI is InChI=1S/C19H16Cl2O4S2/c1-2-25-19(22)7-13-10-26-18-9-15(5-6-16(13)18)27(23,24)11-12-3-4-14(20)8-17(12)21/h3-6,8-10H,2,7,11H2,1H3. The summed E-state index contributed by atoms with van der Waals surface area (Å²) in [6, 6.07) is 9.68. The maximum atomic E-state index is 12.8. The van der Waals surface area contributed by atoms with E-state index < -0.39 is 9.84 Å². The average Bonchev–Trinajstić information content (AvgIpc) is 3.00. The van der Waals surface area contributed by atoms with Gasteiger partial charge in [0, 0.05) is 14.7 Å². The first kappa shape index (κ1) is 20.1. The van der Waals surface area contributed by atoms with Crippen LogP contribution in [0.25, 0.3) is 10.1 Å². The maximum absolute atomic E-state index is 12.8. The van der Waals surface area contributed by atoms with Crippen molar-refractivity contribution in [1.29, 1.82) is 0 Å². The van der Waals surface area contributed by atoms with E-state index in [-0.39, 0.29) is 23.0 Å². The molecule has 0 aliphatic carbocycles. The van der Waals surface area contributed by atoms with Gasteiger partial charge >= 0.3 is 5.97 Å². The lowest BCUT2D eigenvalue weighted by atomic mass is 10.1. The second-order valence-electron chi connectivity index (χ2n) is 5.90. The Balaban J connectivity index is 1.89. The van der Waals surface area contributed by atoms with Crippen molar-refractivity contribution >= 4 is 60.4 Å². The van der Waals surface area contributed by atoms with Gasteiger partial charge in [-0.2, -0.15) is 0 Å². The molecule has 0 aliphatic rings. The Hall–Kier alpha value is -1.60. The first-order valence-electron chi connectivity index (χ1n) is 8.12. The third-order valence-electron chi connectivity index (χ3n) is 3.99. The fraction of sp³-hybridized carbons (Fsp3) is 0.211. The molecule has 3 aromatic rings. The summed E-state index contributed by atoms with van der Waals surface area (Å²) in [5.41, 5.74) is 1.33. The highest BCUT2D eigenvalue weighted by atomic mass is 35.5. The lowest BCUT2D eigenvalue weighted by Gasteiger charge is -2.07. The van der Waals surface area contributed by atoms with Crippen LogP contribution in [-0.2, 0) is 31.5 Å². The van der Waals surface area contributed by atoms with Crippen LogP contribution in [0.1, 0.15) is 18.1 Å². The van der Waals surface area contributed by atoms with Crippen LogP contribution in [0, 0.1) is 0 Å². The number of thiophene rings is 1. The minimum Gasteiger partial charge on any atom is -0.466 e. The quantitative estimate of drug-likeness (QED) is 0.486. The first-order chi connectivity index (χ1) is 12.8. The molecule has 0 atom stereocenters. The summed E-state index contributed by atoms with van der Waals surface area (Å²) in [5, 5.41) is 3.49. The molecule has 1 aromatic heterocycles. The summed E-state index contributed by atoms with van der Waals surface area (Å²) in [6.07, 6.45) is 0.167. The summed E-state index contributed by atoms with van der Waals surface area (Å²) in [6.45, 7) is 2.09. The van der Waals surface area contributed by atoms with Crippen LogP contribution in [-0.4, -0.2) is 21.0 Å². The highest BCUT2D eigenvalue weighted by Crippen LogP contribution is 2.31. The van der Waals surface area contributed by atoms with Crippen molar-refractivity contribution in [3.63, 3.8) is 0 Å². The van der Waals surface area contributed by atoms with Gasteiger partial charge in [-0.25, -0.2) is 8.42 Å². The third-order valence-corrected chi connectivity index (χ3v) is 7.23. The monoisotopic (exact) mass is 442 g/mol.